The van der Waals surface area contributed by atoms with Gasteiger partial charge in [0.15, 0.2) is 0 Å². The Hall–Kier alpha value is -0.790. The molecule has 7 heteroatoms. The van der Waals surface area contributed by atoms with Crippen LogP contribution in [0.1, 0.15) is 23.3 Å². The molecule has 1 aromatic heterocycles. The molecule has 0 amide bonds. The van der Waals surface area contributed by atoms with Crippen LogP contribution in [0.2, 0.25) is 4.34 Å². The van der Waals surface area contributed by atoms with E-state index in [0.717, 1.165) is 42.4 Å². The minimum atomic E-state index is -0.265. The first-order valence-electron chi connectivity index (χ1n) is 7.11. The summed E-state index contributed by atoms with van der Waals surface area (Å²) in [7, 11) is 1.76. The van der Waals surface area contributed by atoms with Crippen LogP contribution < -0.4 is 16.9 Å². The van der Waals surface area contributed by atoms with Crippen molar-refractivity contribution >= 4 is 22.9 Å². The number of hydrazine groups is 1. The van der Waals surface area contributed by atoms with Crippen molar-refractivity contribution < 1.29 is 4.74 Å². The highest BCUT2D eigenvalue weighted by molar-refractivity contribution is 7.16. The Morgan fingerprint density at radius 1 is 1.67 bits per heavy atom. The molecule has 3 heterocycles. The maximum atomic E-state index is 6.21. The number of ether oxygens (including phenoxy) is 1. The van der Waals surface area contributed by atoms with Crippen LogP contribution >= 0.6 is 22.9 Å². The molecule has 2 unspecified atom stereocenters. The molecular formula is C14H21ClN4OS. The number of nitrogens with two attached hydrogens (primary N) is 2. The molecule has 1 fully saturated rings. The van der Waals surface area contributed by atoms with Crippen molar-refractivity contribution in [3.8, 4) is 0 Å². The largest absolute Gasteiger partial charge is 0.400 e. The van der Waals surface area contributed by atoms with Gasteiger partial charge in [-0.2, -0.15) is 0 Å². The zero-order valence-electron chi connectivity index (χ0n) is 12.1. The summed E-state index contributed by atoms with van der Waals surface area (Å²) in [6.07, 6.45) is 4.45. The van der Waals surface area contributed by atoms with E-state index in [4.69, 9.17) is 27.9 Å². The fourth-order valence-electron chi connectivity index (χ4n) is 3.27. The lowest BCUT2D eigenvalue weighted by Crippen LogP contribution is -2.51. The highest BCUT2D eigenvalue weighted by atomic mass is 35.5. The summed E-state index contributed by atoms with van der Waals surface area (Å²) in [5.74, 6) is 5.65. The summed E-state index contributed by atoms with van der Waals surface area (Å²) in [6, 6.07) is 2.13. The molecule has 2 aliphatic rings. The first-order chi connectivity index (χ1) is 10.00. The molecule has 1 saturated heterocycles. The van der Waals surface area contributed by atoms with E-state index in [1.165, 1.54) is 15.4 Å². The lowest BCUT2D eigenvalue weighted by atomic mass is 9.79. The predicted molar refractivity (Wildman–Crippen MR) is 85.9 cm³/mol. The standard InChI is InChI=1S/C14H21ClN4OS/c1-19(17)8-10(16)11-7-14(3-4-18-11)9-6-13(15)21-12(9)2-5-20-14/h6,8,11,18H,2-5,7,16-17H2,1H3/b10-8-. The molecular weight excluding hydrogens is 308 g/mol. The van der Waals surface area contributed by atoms with E-state index in [9.17, 15) is 0 Å². The second kappa shape index (κ2) is 5.78. The van der Waals surface area contributed by atoms with Crippen molar-refractivity contribution in [3.63, 3.8) is 0 Å². The summed E-state index contributed by atoms with van der Waals surface area (Å²) in [5.41, 5.74) is 7.88. The lowest BCUT2D eigenvalue weighted by molar-refractivity contribution is -0.0858. The molecule has 21 heavy (non-hydrogen) atoms. The van der Waals surface area contributed by atoms with Gasteiger partial charge in [-0.1, -0.05) is 11.6 Å². The van der Waals surface area contributed by atoms with E-state index < -0.39 is 0 Å². The van der Waals surface area contributed by atoms with Gasteiger partial charge in [0.1, 0.15) is 0 Å². The van der Waals surface area contributed by atoms with E-state index >= 15 is 0 Å². The highest BCUT2D eigenvalue weighted by Gasteiger charge is 2.43. The summed E-state index contributed by atoms with van der Waals surface area (Å²) < 4.78 is 7.05. The quantitative estimate of drug-likeness (QED) is 0.567. The molecule has 0 radical (unpaired) electrons. The van der Waals surface area contributed by atoms with Crippen LogP contribution in [-0.2, 0) is 16.8 Å². The van der Waals surface area contributed by atoms with Crippen LogP contribution in [0.5, 0.6) is 0 Å². The van der Waals surface area contributed by atoms with Gasteiger partial charge in [-0.3, -0.25) is 0 Å². The Balaban J connectivity index is 1.89. The van der Waals surface area contributed by atoms with E-state index in [-0.39, 0.29) is 11.6 Å². The average Bonchev–Trinajstić information content (AvgIpc) is 2.81. The topological polar surface area (TPSA) is 76.5 Å². The normalized spacial score (nSPS) is 29.5. The molecule has 0 bridgehead atoms. The van der Waals surface area contributed by atoms with Gasteiger partial charge in [0, 0.05) is 36.7 Å². The average molecular weight is 329 g/mol. The summed E-state index contributed by atoms with van der Waals surface area (Å²) in [4.78, 5) is 1.35. The molecule has 5 nitrogen and oxygen atoms in total. The minimum Gasteiger partial charge on any atom is -0.400 e. The monoisotopic (exact) mass is 328 g/mol. The first kappa shape index (κ1) is 15.1. The minimum absolute atomic E-state index is 0.0642. The van der Waals surface area contributed by atoms with Gasteiger partial charge in [-0.15, -0.1) is 11.3 Å². The van der Waals surface area contributed by atoms with Crippen molar-refractivity contribution in [2.45, 2.75) is 30.9 Å². The maximum absolute atomic E-state index is 6.21. The fourth-order valence-corrected chi connectivity index (χ4v) is 4.61. The Morgan fingerprint density at radius 2 is 2.48 bits per heavy atom. The van der Waals surface area contributed by atoms with Gasteiger partial charge in [0.05, 0.1) is 22.6 Å². The zero-order chi connectivity index (χ0) is 15.0. The molecule has 0 aliphatic carbocycles. The number of rotatable bonds is 2. The number of hydrogen-bond acceptors (Lipinski definition) is 6. The number of halogens is 1. The van der Waals surface area contributed by atoms with E-state index in [1.807, 2.05) is 0 Å². The molecule has 3 rings (SSSR count). The van der Waals surface area contributed by atoms with Crippen LogP contribution in [0.3, 0.4) is 0 Å². The van der Waals surface area contributed by atoms with Crippen LogP contribution in [0.15, 0.2) is 18.0 Å². The van der Waals surface area contributed by atoms with Gasteiger partial charge < -0.3 is 20.8 Å². The smallest absolute Gasteiger partial charge is 0.0973 e. The van der Waals surface area contributed by atoms with E-state index in [2.05, 4.69) is 11.4 Å². The van der Waals surface area contributed by atoms with Crippen LogP contribution in [-0.4, -0.2) is 31.3 Å². The number of nitrogens with one attached hydrogen (secondary N) is 1. The molecule has 2 aliphatic heterocycles. The molecule has 0 saturated carbocycles. The van der Waals surface area contributed by atoms with Gasteiger partial charge in [0.25, 0.3) is 0 Å². The maximum Gasteiger partial charge on any atom is 0.0973 e. The summed E-state index contributed by atoms with van der Waals surface area (Å²) in [6.45, 7) is 1.61. The van der Waals surface area contributed by atoms with Gasteiger partial charge in [-0.05, 0) is 24.6 Å². The number of hydrogen-bond donors (Lipinski definition) is 3. The van der Waals surface area contributed by atoms with Gasteiger partial charge >= 0.3 is 0 Å². The first-order valence-corrected chi connectivity index (χ1v) is 8.30. The van der Waals surface area contributed by atoms with Crippen LogP contribution in [0.25, 0.3) is 0 Å². The number of nitrogens with zero attached hydrogens (tertiary/aromatic N) is 1. The Morgan fingerprint density at radius 3 is 3.24 bits per heavy atom. The molecule has 1 spiro atoms. The Bertz CT molecular complexity index is 559. The molecule has 0 aromatic carbocycles. The molecule has 2 atom stereocenters. The second-order valence-corrected chi connectivity index (χ2v) is 7.50. The third-order valence-electron chi connectivity index (χ3n) is 4.19. The third-order valence-corrected chi connectivity index (χ3v) is 5.51. The Kier molecular flexibility index (Phi) is 4.16. The van der Waals surface area contributed by atoms with Crippen LogP contribution in [0.4, 0.5) is 0 Å². The van der Waals surface area contributed by atoms with E-state index in [0.29, 0.717) is 0 Å². The number of fused-ring (bicyclic) bond motifs is 2. The molecule has 1 aromatic rings. The van der Waals surface area contributed by atoms with Gasteiger partial charge in [-0.25, -0.2) is 5.84 Å². The molecule has 116 valence electrons. The SMILES string of the molecule is CN(N)/C=C(\N)C1CC2(CCN1)OCCc1sc(Cl)cc12. The summed E-state index contributed by atoms with van der Waals surface area (Å²) in [5, 5.41) is 4.93. The third kappa shape index (κ3) is 2.91. The second-order valence-electron chi connectivity index (χ2n) is 5.74. The van der Waals surface area contributed by atoms with Crippen molar-refractivity contribution in [2.24, 2.45) is 11.6 Å². The number of piperidine rings is 1. The van der Waals surface area contributed by atoms with Crippen molar-refractivity contribution in [2.75, 3.05) is 20.2 Å². The number of thiophene rings is 1. The van der Waals surface area contributed by atoms with Crippen molar-refractivity contribution in [1.82, 2.24) is 10.3 Å². The Labute approximate surface area is 133 Å². The summed E-state index contributed by atoms with van der Waals surface area (Å²) >= 11 is 7.88. The van der Waals surface area contributed by atoms with E-state index in [1.54, 1.807) is 24.6 Å². The van der Waals surface area contributed by atoms with Gasteiger partial charge in [0.2, 0.25) is 0 Å². The predicted octanol–water partition coefficient (Wildman–Crippen LogP) is 1.53. The zero-order valence-corrected chi connectivity index (χ0v) is 13.6. The lowest BCUT2D eigenvalue weighted by Gasteiger charge is -2.44. The van der Waals surface area contributed by atoms with Crippen molar-refractivity contribution in [1.29, 1.82) is 0 Å². The molecule has 5 N–H and O–H groups in total. The fraction of sp³-hybridized carbons (Fsp3) is 0.571. The highest BCUT2D eigenvalue weighted by Crippen LogP contribution is 2.46. The van der Waals surface area contributed by atoms with Crippen LogP contribution in [0, 0.1) is 0 Å². The van der Waals surface area contributed by atoms with Crippen molar-refractivity contribution in [3.05, 3.63) is 32.7 Å².